The number of aryl methyl sites for hydroxylation is 1. The maximum absolute atomic E-state index is 11.6. The highest BCUT2D eigenvalue weighted by molar-refractivity contribution is 5.67. The Balaban J connectivity index is 1.40. The average molecular weight is 491 g/mol. The van der Waals surface area contributed by atoms with Gasteiger partial charge in [0.2, 0.25) is 0 Å². The number of aliphatic hydroxyl groups is 1. The van der Waals surface area contributed by atoms with Crippen LogP contribution in [0.25, 0.3) is 0 Å². The Kier molecular flexibility index (Phi) is 10.4. The Labute approximate surface area is 209 Å². The number of aliphatic carboxylic acids is 1. The van der Waals surface area contributed by atoms with E-state index in [-0.39, 0.29) is 43.0 Å². The highest BCUT2D eigenvalue weighted by Crippen LogP contribution is 2.41. The number of hydrogen-bond acceptors (Lipinski definition) is 6. The van der Waals surface area contributed by atoms with Crippen molar-refractivity contribution in [2.45, 2.75) is 108 Å². The summed E-state index contributed by atoms with van der Waals surface area (Å²) in [5.41, 5.74) is 1.28. The fourth-order valence-electron chi connectivity index (χ4n) is 5.87. The standard InChI is InChI=1S/C28H42O7/c29-24-19-25(35-28-11-5-7-17-33-28)22(23(24)18-26(30)31)15-14-21(34-27-10-4-6-16-32-27)13-12-20-8-2-1-3-9-20/h1-3,8-9,21-25,27-29H,4-7,10-19H2,(H,30,31). The van der Waals surface area contributed by atoms with Crippen LogP contribution in [-0.4, -0.2) is 60.3 Å². The molecular weight excluding hydrogens is 448 g/mol. The van der Waals surface area contributed by atoms with Crippen LogP contribution in [0.1, 0.15) is 76.2 Å². The molecule has 7 atom stereocenters. The first-order valence-corrected chi connectivity index (χ1v) is 13.6. The number of benzene rings is 1. The Morgan fingerprint density at radius 2 is 1.69 bits per heavy atom. The summed E-state index contributed by atoms with van der Waals surface area (Å²) in [7, 11) is 0. The molecule has 2 aliphatic heterocycles. The molecule has 0 aromatic heterocycles. The number of carboxylic acids is 1. The molecule has 0 amide bonds. The van der Waals surface area contributed by atoms with Crippen LogP contribution in [-0.2, 0) is 30.2 Å². The summed E-state index contributed by atoms with van der Waals surface area (Å²) in [5.74, 6) is -1.23. The predicted octanol–water partition coefficient (Wildman–Crippen LogP) is 4.69. The van der Waals surface area contributed by atoms with Gasteiger partial charge in [-0.15, -0.1) is 0 Å². The molecule has 1 aliphatic carbocycles. The smallest absolute Gasteiger partial charge is 0.303 e. The number of rotatable bonds is 12. The molecule has 35 heavy (non-hydrogen) atoms. The van der Waals surface area contributed by atoms with E-state index >= 15 is 0 Å². The van der Waals surface area contributed by atoms with Gasteiger partial charge in [0.1, 0.15) is 0 Å². The summed E-state index contributed by atoms with van der Waals surface area (Å²) in [6.45, 7) is 1.43. The third kappa shape index (κ3) is 8.25. The van der Waals surface area contributed by atoms with E-state index in [4.69, 9.17) is 18.9 Å². The van der Waals surface area contributed by atoms with Gasteiger partial charge in [0.15, 0.2) is 12.6 Å². The topological polar surface area (TPSA) is 94.5 Å². The van der Waals surface area contributed by atoms with Crippen LogP contribution in [0.4, 0.5) is 0 Å². The van der Waals surface area contributed by atoms with Gasteiger partial charge in [0.05, 0.1) is 24.7 Å². The summed E-state index contributed by atoms with van der Waals surface area (Å²) in [5, 5.41) is 20.3. The molecule has 3 aliphatic rings. The highest BCUT2D eigenvalue weighted by Gasteiger charge is 2.45. The fraction of sp³-hybridized carbons (Fsp3) is 0.750. The lowest BCUT2D eigenvalue weighted by atomic mass is 9.85. The van der Waals surface area contributed by atoms with E-state index < -0.39 is 12.1 Å². The number of carboxylic acid groups (broad SMARTS) is 1. The molecule has 2 heterocycles. The average Bonchev–Trinajstić information content (AvgIpc) is 3.15. The van der Waals surface area contributed by atoms with Crippen molar-refractivity contribution in [3.05, 3.63) is 35.9 Å². The molecule has 1 saturated carbocycles. The molecule has 4 rings (SSSR count). The first-order chi connectivity index (χ1) is 17.1. The second kappa shape index (κ2) is 13.7. The molecule has 1 aromatic rings. The Bertz CT molecular complexity index is 745. The van der Waals surface area contributed by atoms with E-state index in [1.165, 1.54) is 5.56 Å². The van der Waals surface area contributed by atoms with Gasteiger partial charge in [-0.1, -0.05) is 30.3 Å². The fourth-order valence-corrected chi connectivity index (χ4v) is 5.87. The maximum Gasteiger partial charge on any atom is 0.303 e. The van der Waals surface area contributed by atoms with Crippen molar-refractivity contribution in [3.8, 4) is 0 Å². The molecule has 1 aromatic carbocycles. The van der Waals surface area contributed by atoms with E-state index in [1.807, 2.05) is 6.07 Å². The molecular formula is C28H42O7. The Morgan fingerprint density at radius 3 is 2.34 bits per heavy atom. The molecule has 7 unspecified atom stereocenters. The van der Waals surface area contributed by atoms with Crippen LogP contribution in [0.15, 0.2) is 30.3 Å². The quantitative estimate of drug-likeness (QED) is 0.439. The van der Waals surface area contributed by atoms with Gasteiger partial charge in [-0.2, -0.15) is 0 Å². The monoisotopic (exact) mass is 490 g/mol. The van der Waals surface area contributed by atoms with Crippen molar-refractivity contribution in [3.63, 3.8) is 0 Å². The molecule has 7 heteroatoms. The number of aliphatic hydroxyl groups excluding tert-OH is 1. The van der Waals surface area contributed by atoms with Crippen molar-refractivity contribution >= 4 is 5.97 Å². The van der Waals surface area contributed by atoms with Crippen molar-refractivity contribution in [2.24, 2.45) is 11.8 Å². The van der Waals surface area contributed by atoms with Crippen LogP contribution < -0.4 is 0 Å². The lowest BCUT2D eigenvalue weighted by Crippen LogP contribution is -2.33. The molecule has 0 bridgehead atoms. The van der Waals surface area contributed by atoms with Crippen LogP contribution in [0.5, 0.6) is 0 Å². The van der Waals surface area contributed by atoms with Gasteiger partial charge in [-0.3, -0.25) is 4.79 Å². The van der Waals surface area contributed by atoms with E-state index in [0.717, 1.165) is 70.8 Å². The summed E-state index contributed by atoms with van der Waals surface area (Å²) in [6.07, 6.45) is 8.52. The van der Waals surface area contributed by atoms with Gasteiger partial charge >= 0.3 is 5.97 Å². The Hall–Kier alpha value is -1.51. The molecule has 2 N–H and O–H groups in total. The van der Waals surface area contributed by atoms with Crippen molar-refractivity contribution in [1.82, 2.24) is 0 Å². The van der Waals surface area contributed by atoms with Gasteiger partial charge in [0.25, 0.3) is 0 Å². The Morgan fingerprint density at radius 1 is 0.971 bits per heavy atom. The molecule has 196 valence electrons. The lowest BCUT2D eigenvalue weighted by Gasteiger charge is -2.32. The molecule has 0 spiro atoms. The SMILES string of the molecule is O=C(O)CC1C(O)CC(OC2CCCCO2)C1CCC(CCc1ccccc1)OC1CCCCO1. The van der Waals surface area contributed by atoms with E-state index in [9.17, 15) is 15.0 Å². The first-order valence-electron chi connectivity index (χ1n) is 13.6. The number of ether oxygens (including phenoxy) is 4. The minimum Gasteiger partial charge on any atom is -0.481 e. The lowest BCUT2D eigenvalue weighted by molar-refractivity contribution is -0.200. The minimum atomic E-state index is -0.874. The van der Waals surface area contributed by atoms with E-state index in [1.54, 1.807) is 0 Å². The minimum absolute atomic E-state index is 0.00751. The first kappa shape index (κ1) is 26.6. The van der Waals surface area contributed by atoms with Crippen molar-refractivity contribution < 1.29 is 34.0 Å². The zero-order valence-electron chi connectivity index (χ0n) is 20.8. The van der Waals surface area contributed by atoms with Gasteiger partial charge in [0, 0.05) is 25.6 Å². The largest absolute Gasteiger partial charge is 0.481 e. The summed E-state index contributed by atoms with van der Waals surface area (Å²) < 4.78 is 24.4. The summed E-state index contributed by atoms with van der Waals surface area (Å²) in [4.78, 5) is 11.6. The highest BCUT2D eigenvalue weighted by atomic mass is 16.7. The summed E-state index contributed by atoms with van der Waals surface area (Å²) >= 11 is 0. The zero-order chi connectivity index (χ0) is 24.5. The van der Waals surface area contributed by atoms with E-state index in [2.05, 4.69) is 24.3 Å². The van der Waals surface area contributed by atoms with Crippen LogP contribution >= 0.6 is 0 Å². The molecule has 3 fully saturated rings. The number of hydrogen-bond donors (Lipinski definition) is 2. The van der Waals surface area contributed by atoms with Crippen LogP contribution in [0, 0.1) is 11.8 Å². The normalized spacial score (nSPS) is 32.4. The van der Waals surface area contributed by atoms with Gasteiger partial charge in [-0.25, -0.2) is 0 Å². The third-order valence-corrected chi connectivity index (χ3v) is 7.77. The van der Waals surface area contributed by atoms with Gasteiger partial charge in [-0.05, 0) is 75.7 Å². The van der Waals surface area contributed by atoms with E-state index in [0.29, 0.717) is 13.0 Å². The predicted molar refractivity (Wildman–Crippen MR) is 131 cm³/mol. The zero-order valence-corrected chi connectivity index (χ0v) is 20.8. The maximum atomic E-state index is 11.6. The molecule has 2 saturated heterocycles. The third-order valence-electron chi connectivity index (χ3n) is 7.77. The van der Waals surface area contributed by atoms with Crippen molar-refractivity contribution in [2.75, 3.05) is 13.2 Å². The molecule has 0 radical (unpaired) electrons. The van der Waals surface area contributed by atoms with Crippen LogP contribution in [0.3, 0.4) is 0 Å². The second-order valence-corrected chi connectivity index (χ2v) is 10.4. The van der Waals surface area contributed by atoms with Crippen molar-refractivity contribution in [1.29, 1.82) is 0 Å². The second-order valence-electron chi connectivity index (χ2n) is 10.4. The van der Waals surface area contributed by atoms with Crippen LogP contribution in [0.2, 0.25) is 0 Å². The van der Waals surface area contributed by atoms with Gasteiger partial charge < -0.3 is 29.2 Å². The number of carbonyl (C=O) groups is 1. The molecule has 7 nitrogen and oxygen atoms in total. The summed E-state index contributed by atoms with van der Waals surface area (Å²) in [6, 6.07) is 10.4.